The van der Waals surface area contributed by atoms with Gasteiger partial charge < -0.3 is 5.11 Å². The third kappa shape index (κ3) is 5.37. The maximum absolute atomic E-state index is 9.62. The van der Waals surface area contributed by atoms with Crippen LogP contribution in [0.25, 0.3) is 0 Å². The van der Waals surface area contributed by atoms with Gasteiger partial charge in [0.1, 0.15) is 6.29 Å². The Kier molecular flexibility index (Phi) is 5.87. The lowest BCUT2D eigenvalue weighted by Crippen LogP contribution is -1.77. The molecular weight excluding hydrogens is 104 g/mol. The summed E-state index contributed by atoms with van der Waals surface area (Å²) in [5.41, 5.74) is 0. The molecule has 0 aliphatic carbocycles. The number of rotatable bonds is 4. The van der Waals surface area contributed by atoms with Gasteiger partial charge in [0.2, 0.25) is 0 Å². The van der Waals surface area contributed by atoms with Crippen LogP contribution in [0.5, 0.6) is 0 Å². The average Bonchev–Trinajstić information content (AvgIpc) is 1.81. The number of carbonyl (C=O) groups excluding carboxylic acids is 1. The molecule has 0 saturated carbocycles. The van der Waals surface area contributed by atoms with Crippen molar-refractivity contribution in [1.29, 1.82) is 0 Å². The monoisotopic (exact) mass is 114 g/mol. The Morgan fingerprint density at radius 3 is 2.75 bits per heavy atom. The molecule has 2 heteroatoms. The van der Waals surface area contributed by atoms with E-state index < -0.39 is 0 Å². The van der Waals surface area contributed by atoms with Crippen LogP contribution in [-0.4, -0.2) is 18.0 Å². The molecule has 0 heterocycles. The van der Waals surface area contributed by atoms with E-state index in [1.165, 1.54) is 6.08 Å². The highest BCUT2D eigenvalue weighted by Gasteiger charge is 1.75. The number of aliphatic hydroxyl groups is 1. The van der Waals surface area contributed by atoms with Gasteiger partial charge in [-0.15, -0.1) is 0 Å². The standard InChI is InChI=1S/C6H10O2/c7-5-3-1-2-4-6-8/h1,3,5,8H,2,4,6H2/b3-1+. The first-order valence-electron chi connectivity index (χ1n) is 2.63. The normalized spacial score (nSPS) is 10.1. The Labute approximate surface area is 48.8 Å². The summed E-state index contributed by atoms with van der Waals surface area (Å²) in [5.74, 6) is 0. The molecule has 0 atom stereocenters. The van der Waals surface area contributed by atoms with E-state index in [2.05, 4.69) is 0 Å². The van der Waals surface area contributed by atoms with Gasteiger partial charge in [-0.05, 0) is 18.9 Å². The number of hydrogen-bond donors (Lipinski definition) is 1. The Bertz CT molecular complexity index is 76.6. The molecule has 0 aromatic rings. The number of carbonyl (C=O) groups is 1. The van der Waals surface area contributed by atoms with Crippen molar-refractivity contribution in [2.75, 3.05) is 6.61 Å². The van der Waals surface area contributed by atoms with Crippen LogP contribution in [0.1, 0.15) is 12.8 Å². The van der Waals surface area contributed by atoms with Crippen LogP contribution in [0, 0.1) is 0 Å². The Morgan fingerprint density at radius 1 is 1.50 bits per heavy atom. The van der Waals surface area contributed by atoms with Crippen LogP contribution in [-0.2, 0) is 4.79 Å². The fourth-order valence-corrected chi connectivity index (χ4v) is 0.361. The minimum Gasteiger partial charge on any atom is -0.396 e. The summed E-state index contributed by atoms with van der Waals surface area (Å²) in [6.07, 6.45) is 5.44. The summed E-state index contributed by atoms with van der Waals surface area (Å²) in [4.78, 5) is 9.62. The second-order valence-corrected chi connectivity index (χ2v) is 1.43. The summed E-state index contributed by atoms with van der Waals surface area (Å²) >= 11 is 0. The molecule has 0 aliphatic rings. The maximum Gasteiger partial charge on any atom is 0.142 e. The minimum absolute atomic E-state index is 0.198. The van der Waals surface area contributed by atoms with E-state index in [0.29, 0.717) is 0 Å². The van der Waals surface area contributed by atoms with E-state index in [9.17, 15) is 4.79 Å². The van der Waals surface area contributed by atoms with Crippen molar-refractivity contribution in [2.24, 2.45) is 0 Å². The lowest BCUT2D eigenvalue weighted by Gasteiger charge is -1.83. The fourth-order valence-electron chi connectivity index (χ4n) is 0.361. The highest BCUT2D eigenvalue weighted by Crippen LogP contribution is 1.86. The molecular formula is C6H10O2. The highest BCUT2D eigenvalue weighted by molar-refractivity contribution is 5.64. The Balaban J connectivity index is 2.91. The first-order valence-corrected chi connectivity index (χ1v) is 2.63. The zero-order valence-corrected chi connectivity index (χ0v) is 4.71. The summed E-state index contributed by atoms with van der Waals surface area (Å²) in [5, 5.41) is 8.24. The van der Waals surface area contributed by atoms with E-state index in [0.717, 1.165) is 19.1 Å². The van der Waals surface area contributed by atoms with Crippen molar-refractivity contribution in [1.82, 2.24) is 0 Å². The highest BCUT2D eigenvalue weighted by atomic mass is 16.2. The molecule has 1 N–H and O–H groups in total. The molecule has 0 bridgehead atoms. The van der Waals surface area contributed by atoms with Crippen molar-refractivity contribution in [3.63, 3.8) is 0 Å². The van der Waals surface area contributed by atoms with E-state index in [-0.39, 0.29) is 6.61 Å². The Hall–Kier alpha value is -0.630. The van der Waals surface area contributed by atoms with Gasteiger partial charge in [0, 0.05) is 6.61 Å². The summed E-state index contributed by atoms with van der Waals surface area (Å²) < 4.78 is 0. The van der Waals surface area contributed by atoms with E-state index in [4.69, 9.17) is 5.11 Å². The zero-order chi connectivity index (χ0) is 6.24. The molecule has 0 amide bonds. The lowest BCUT2D eigenvalue weighted by molar-refractivity contribution is -0.104. The average molecular weight is 114 g/mol. The van der Waals surface area contributed by atoms with Crippen LogP contribution in [0.4, 0.5) is 0 Å². The van der Waals surface area contributed by atoms with Crippen LogP contribution in [0.3, 0.4) is 0 Å². The number of hydrogen-bond acceptors (Lipinski definition) is 2. The van der Waals surface area contributed by atoms with Gasteiger partial charge in [0.15, 0.2) is 0 Å². The number of aliphatic hydroxyl groups excluding tert-OH is 1. The molecule has 0 saturated heterocycles. The number of aldehydes is 1. The molecule has 0 radical (unpaired) electrons. The summed E-state index contributed by atoms with van der Waals surface area (Å²) in [6, 6.07) is 0. The van der Waals surface area contributed by atoms with Gasteiger partial charge >= 0.3 is 0 Å². The quantitative estimate of drug-likeness (QED) is 0.328. The van der Waals surface area contributed by atoms with Gasteiger partial charge in [-0.25, -0.2) is 0 Å². The van der Waals surface area contributed by atoms with Gasteiger partial charge in [-0.2, -0.15) is 0 Å². The van der Waals surface area contributed by atoms with Crippen molar-refractivity contribution < 1.29 is 9.90 Å². The molecule has 0 fully saturated rings. The first kappa shape index (κ1) is 7.37. The summed E-state index contributed by atoms with van der Waals surface area (Å²) in [6.45, 7) is 0.198. The van der Waals surface area contributed by atoms with Crippen LogP contribution in [0.2, 0.25) is 0 Å². The molecule has 2 nitrogen and oxygen atoms in total. The van der Waals surface area contributed by atoms with Crippen molar-refractivity contribution in [3.05, 3.63) is 12.2 Å². The SMILES string of the molecule is O=C/C=C/CCCO. The van der Waals surface area contributed by atoms with Gasteiger partial charge in [-0.1, -0.05) is 6.08 Å². The smallest absolute Gasteiger partial charge is 0.142 e. The number of allylic oxidation sites excluding steroid dienone is 2. The Morgan fingerprint density at radius 2 is 2.25 bits per heavy atom. The number of unbranched alkanes of at least 4 members (excludes halogenated alkanes) is 1. The third-order valence-corrected chi connectivity index (χ3v) is 0.744. The molecule has 0 rings (SSSR count). The van der Waals surface area contributed by atoms with Gasteiger partial charge in [0.25, 0.3) is 0 Å². The van der Waals surface area contributed by atoms with Crippen LogP contribution in [0.15, 0.2) is 12.2 Å². The van der Waals surface area contributed by atoms with Gasteiger partial charge in [0.05, 0.1) is 0 Å². The second kappa shape index (κ2) is 6.37. The largest absolute Gasteiger partial charge is 0.396 e. The predicted octanol–water partition coefficient (Wildman–Crippen LogP) is 0.514. The lowest BCUT2D eigenvalue weighted by atomic mass is 10.3. The topological polar surface area (TPSA) is 37.3 Å². The molecule has 0 spiro atoms. The van der Waals surface area contributed by atoms with Crippen LogP contribution < -0.4 is 0 Å². The minimum atomic E-state index is 0.198. The van der Waals surface area contributed by atoms with E-state index in [1.54, 1.807) is 6.08 Å². The fraction of sp³-hybridized carbons (Fsp3) is 0.500. The van der Waals surface area contributed by atoms with Crippen LogP contribution >= 0.6 is 0 Å². The second-order valence-electron chi connectivity index (χ2n) is 1.43. The van der Waals surface area contributed by atoms with Crippen molar-refractivity contribution in [3.8, 4) is 0 Å². The predicted molar refractivity (Wildman–Crippen MR) is 31.5 cm³/mol. The maximum atomic E-state index is 9.62. The molecule has 8 heavy (non-hydrogen) atoms. The molecule has 46 valence electrons. The summed E-state index contributed by atoms with van der Waals surface area (Å²) in [7, 11) is 0. The van der Waals surface area contributed by atoms with Gasteiger partial charge in [-0.3, -0.25) is 4.79 Å². The molecule has 0 aliphatic heterocycles. The van der Waals surface area contributed by atoms with E-state index >= 15 is 0 Å². The first-order chi connectivity index (χ1) is 3.91. The van der Waals surface area contributed by atoms with E-state index in [1.807, 2.05) is 0 Å². The third-order valence-electron chi connectivity index (χ3n) is 0.744. The molecule has 0 unspecified atom stereocenters. The molecule has 0 aromatic heterocycles. The zero-order valence-electron chi connectivity index (χ0n) is 4.71. The van der Waals surface area contributed by atoms with Crippen molar-refractivity contribution in [2.45, 2.75) is 12.8 Å². The molecule has 0 aromatic carbocycles. The van der Waals surface area contributed by atoms with Crippen molar-refractivity contribution >= 4 is 6.29 Å².